The molecule has 39 heavy (non-hydrogen) atoms. The number of aromatic nitrogens is 4. The summed E-state index contributed by atoms with van der Waals surface area (Å²) in [6.07, 6.45) is 0.329. The third-order valence-electron chi connectivity index (χ3n) is 6.09. The molecule has 0 unspecified atom stereocenters. The molecule has 0 fully saturated rings. The number of hydrogen-bond donors (Lipinski definition) is 3. The average molecular weight is 523 g/mol. The van der Waals surface area contributed by atoms with E-state index in [9.17, 15) is 4.79 Å². The van der Waals surface area contributed by atoms with Gasteiger partial charge in [-0.25, -0.2) is 9.89 Å². The van der Waals surface area contributed by atoms with Crippen LogP contribution in [-0.4, -0.2) is 39.7 Å². The summed E-state index contributed by atoms with van der Waals surface area (Å²) in [5, 5.41) is 29.3. The van der Waals surface area contributed by atoms with Crippen LogP contribution < -0.4 is 15.5 Å². The highest BCUT2D eigenvalue weighted by molar-refractivity contribution is 6.02. The van der Waals surface area contributed by atoms with Crippen molar-refractivity contribution in [1.29, 1.82) is 5.26 Å². The van der Waals surface area contributed by atoms with E-state index >= 15 is 0 Å². The van der Waals surface area contributed by atoms with Gasteiger partial charge in [0, 0.05) is 24.3 Å². The van der Waals surface area contributed by atoms with Crippen molar-refractivity contribution in [3.05, 3.63) is 72.3 Å². The fourth-order valence-electron chi connectivity index (χ4n) is 4.53. The van der Waals surface area contributed by atoms with E-state index in [1.54, 1.807) is 12.1 Å². The van der Waals surface area contributed by atoms with Crippen LogP contribution in [0.4, 0.5) is 21.9 Å². The van der Waals surface area contributed by atoms with Crippen molar-refractivity contribution in [2.75, 3.05) is 28.6 Å². The van der Waals surface area contributed by atoms with Gasteiger partial charge in [-0.15, -0.1) is 5.10 Å². The van der Waals surface area contributed by atoms with Crippen LogP contribution >= 0.6 is 0 Å². The van der Waals surface area contributed by atoms with Gasteiger partial charge in [0.25, 0.3) is 0 Å². The van der Waals surface area contributed by atoms with Gasteiger partial charge in [-0.2, -0.15) is 5.26 Å². The van der Waals surface area contributed by atoms with Crippen LogP contribution in [0.2, 0.25) is 0 Å². The van der Waals surface area contributed by atoms with Gasteiger partial charge in [-0.1, -0.05) is 70.2 Å². The van der Waals surface area contributed by atoms with Gasteiger partial charge in [0.1, 0.15) is 0 Å². The number of nitrogens with zero attached hydrogens (tertiary/aromatic N) is 5. The molecule has 0 aliphatic rings. The van der Waals surface area contributed by atoms with E-state index in [1.807, 2.05) is 42.5 Å². The first-order valence-corrected chi connectivity index (χ1v) is 13.1. The lowest BCUT2D eigenvalue weighted by atomic mass is 9.97. The van der Waals surface area contributed by atoms with E-state index in [4.69, 9.17) is 5.26 Å². The normalized spacial score (nSPS) is 10.9. The second kappa shape index (κ2) is 12.7. The number of aromatic amines is 1. The topological polar surface area (TPSA) is 123 Å². The van der Waals surface area contributed by atoms with Gasteiger partial charge < -0.3 is 15.5 Å². The zero-order chi connectivity index (χ0) is 27.8. The fraction of sp³-hybridized carbons (Fsp3) is 0.300. The summed E-state index contributed by atoms with van der Waals surface area (Å²) < 4.78 is 0. The van der Waals surface area contributed by atoms with Crippen molar-refractivity contribution in [2.24, 2.45) is 11.8 Å². The van der Waals surface area contributed by atoms with Crippen molar-refractivity contribution in [2.45, 2.75) is 34.1 Å². The Kier molecular flexibility index (Phi) is 8.90. The number of carbonyl (C=O) groups is 1. The summed E-state index contributed by atoms with van der Waals surface area (Å²) >= 11 is 0. The highest BCUT2D eigenvalue weighted by Gasteiger charge is 2.19. The molecule has 3 N–H and O–H groups in total. The molecular formula is C30H34N8O. The van der Waals surface area contributed by atoms with Crippen molar-refractivity contribution < 1.29 is 4.79 Å². The third-order valence-corrected chi connectivity index (χ3v) is 6.09. The summed E-state index contributed by atoms with van der Waals surface area (Å²) in [5.74, 6) is 1.46. The molecule has 3 aromatic carbocycles. The van der Waals surface area contributed by atoms with E-state index in [0.717, 1.165) is 41.0 Å². The van der Waals surface area contributed by atoms with Crippen LogP contribution in [0.1, 0.15) is 33.3 Å². The minimum absolute atomic E-state index is 0.329. The summed E-state index contributed by atoms with van der Waals surface area (Å²) in [7, 11) is 0. The zero-order valence-electron chi connectivity index (χ0n) is 22.8. The lowest BCUT2D eigenvalue weighted by molar-refractivity contribution is 0.262. The Bertz CT molecular complexity index is 1410. The molecule has 0 saturated heterocycles. The average Bonchev–Trinajstić information content (AvgIpc) is 3.44. The first kappa shape index (κ1) is 27.3. The van der Waals surface area contributed by atoms with Gasteiger partial charge in [-0.05, 0) is 63.2 Å². The minimum Gasteiger partial charge on any atom is -0.369 e. The highest BCUT2D eigenvalue weighted by Crippen LogP contribution is 2.36. The predicted molar refractivity (Wildman–Crippen MR) is 155 cm³/mol. The molecule has 2 amide bonds. The quantitative estimate of drug-likeness (QED) is 0.223. The number of carbonyl (C=O) groups excluding carboxylic acids is 1. The van der Waals surface area contributed by atoms with Gasteiger partial charge in [0.05, 0.1) is 23.9 Å². The Morgan fingerprint density at radius 2 is 1.64 bits per heavy atom. The van der Waals surface area contributed by atoms with Crippen molar-refractivity contribution in [3.63, 3.8) is 0 Å². The predicted octanol–water partition coefficient (Wildman–Crippen LogP) is 6.36. The Labute approximate surface area is 229 Å². The molecule has 9 heteroatoms. The van der Waals surface area contributed by atoms with E-state index in [2.05, 4.69) is 82.1 Å². The largest absolute Gasteiger partial charge is 0.369 e. The number of tetrazole rings is 1. The lowest BCUT2D eigenvalue weighted by Gasteiger charge is -2.31. The Morgan fingerprint density at radius 1 is 0.949 bits per heavy atom. The summed E-state index contributed by atoms with van der Waals surface area (Å²) in [6, 6.07) is 23.1. The highest BCUT2D eigenvalue weighted by atomic mass is 16.2. The Morgan fingerprint density at radius 3 is 2.26 bits per heavy atom. The number of amides is 2. The van der Waals surface area contributed by atoms with E-state index < -0.39 is 0 Å². The molecule has 0 radical (unpaired) electrons. The van der Waals surface area contributed by atoms with Crippen molar-refractivity contribution in [3.8, 4) is 28.6 Å². The molecule has 4 aromatic rings. The van der Waals surface area contributed by atoms with Crippen molar-refractivity contribution >= 4 is 23.1 Å². The Hall–Kier alpha value is -4.71. The molecule has 0 atom stereocenters. The molecule has 0 bridgehead atoms. The molecule has 9 nitrogen and oxygen atoms in total. The first-order chi connectivity index (χ1) is 18.8. The number of hydrogen-bond acceptors (Lipinski definition) is 6. The van der Waals surface area contributed by atoms with Crippen molar-refractivity contribution in [1.82, 2.24) is 20.6 Å². The van der Waals surface area contributed by atoms with Crippen LogP contribution in [0.3, 0.4) is 0 Å². The Balaban J connectivity index is 1.71. The first-order valence-electron chi connectivity index (χ1n) is 13.1. The molecule has 0 aliphatic heterocycles. The monoisotopic (exact) mass is 522 g/mol. The molecule has 200 valence electrons. The summed E-state index contributed by atoms with van der Waals surface area (Å²) in [4.78, 5) is 15.5. The second-order valence-corrected chi connectivity index (χ2v) is 10.3. The molecule has 4 rings (SSSR count). The van der Waals surface area contributed by atoms with Gasteiger partial charge in [0.15, 0.2) is 5.82 Å². The maximum atomic E-state index is 13.2. The van der Waals surface area contributed by atoms with Crippen LogP contribution in [-0.2, 0) is 6.42 Å². The minimum atomic E-state index is -0.344. The number of anilines is 3. The number of rotatable bonds is 10. The van der Waals surface area contributed by atoms with E-state index in [-0.39, 0.29) is 6.03 Å². The van der Waals surface area contributed by atoms with Crippen LogP contribution in [0.15, 0.2) is 66.7 Å². The number of nitriles is 1. The molecule has 0 saturated carbocycles. The van der Waals surface area contributed by atoms with Gasteiger partial charge in [0.2, 0.25) is 0 Å². The maximum absolute atomic E-state index is 13.2. The van der Waals surface area contributed by atoms with Gasteiger partial charge >= 0.3 is 6.03 Å². The molecule has 1 heterocycles. The number of benzene rings is 3. The molecule has 0 aliphatic carbocycles. The van der Waals surface area contributed by atoms with Crippen LogP contribution in [0.25, 0.3) is 22.5 Å². The number of H-pyrrole nitrogens is 1. The van der Waals surface area contributed by atoms with Crippen LogP contribution in [0.5, 0.6) is 0 Å². The number of nitrogens with one attached hydrogen (secondary N) is 3. The van der Waals surface area contributed by atoms with Gasteiger partial charge in [-0.3, -0.25) is 0 Å². The third kappa shape index (κ3) is 7.20. The number of urea groups is 1. The summed E-state index contributed by atoms with van der Waals surface area (Å²) in [6.45, 7) is 10.5. The molecule has 1 aromatic heterocycles. The molecular weight excluding hydrogens is 488 g/mol. The fourth-order valence-corrected chi connectivity index (χ4v) is 4.53. The van der Waals surface area contributed by atoms with Crippen LogP contribution in [0, 0.1) is 23.2 Å². The summed E-state index contributed by atoms with van der Waals surface area (Å²) in [5.41, 5.74) is 5.95. The molecule has 0 spiro atoms. The lowest BCUT2D eigenvalue weighted by Crippen LogP contribution is -2.32. The van der Waals surface area contributed by atoms with E-state index in [0.29, 0.717) is 35.5 Å². The van der Waals surface area contributed by atoms with E-state index in [1.165, 1.54) is 0 Å². The second-order valence-electron chi connectivity index (χ2n) is 10.3. The SMILES string of the molecule is CC(C)CN(CC(C)C)c1ccc(-c2ccccc2-c2nnn[nH]2)cc1NC(=O)Nc1ccc(CC#N)cc1. The maximum Gasteiger partial charge on any atom is 0.323 e. The smallest absolute Gasteiger partial charge is 0.323 e. The zero-order valence-corrected chi connectivity index (χ0v) is 22.8. The standard InChI is InChI=1S/C30H34N8O/c1-20(2)18-38(19-21(3)4)28-14-11-23(25-7-5-6-8-26(25)29-34-36-37-35-29)17-27(28)33-30(39)32-24-12-9-22(10-13-24)15-16-31/h5-14,17,20-21H,15,18-19H2,1-4H3,(H2,32,33,39)(H,34,35,36,37).